The minimum Gasteiger partial charge on any atom is -0.494 e. The molecule has 1 unspecified atom stereocenters. The van der Waals surface area contributed by atoms with E-state index in [-0.39, 0.29) is 28.0 Å². The number of hydrogen-bond acceptors (Lipinski definition) is 9. The van der Waals surface area contributed by atoms with Crippen molar-refractivity contribution in [2.75, 3.05) is 20.0 Å². The van der Waals surface area contributed by atoms with Gasteiger partial charge in [0.25, 0.3) is 0 Å². The number of alkyl carbamates (subject to hydrolysis) is 1. The molecular weight excluding hydrogens is 544 g/mol. The molecule has 2 aromatic heterocycles. The van der Waals surface area contributed by atoms with Crippen molar-refractivity contribution in [2.45, 2.75) is 61.9 Å². The maximum absolute atomic E-state index is 13.2. The average Bonchev–Trinajstić information content (AvgIpc) is 3.60. The molecule has 1 aliphatic heterocycles. The molecule has 10 nitrogen and oxygen atoms in total. The number of nitrogens with one attached hydrogen (secondary N) is 1. The summed E-state index contributed by atoms with van der Waals surface area (Å²) in [4.78, 5) is 38.7. The van der Waals surface area contributed by atoms with E-state index in [0.29, 0.717) is 32.7 Å². The highest BCUT2D eigenvalue weighted by atomic mass is 32.2. The number of rotatable bonds is 5. The number of aromatic nitrogens is 1. The Balaban J connectivity index is 1.66. The molecule has 2 aliphatic rings. The molecule has 3 aromatic rings. The number of hydrogen-bond donors (Lipinski definition) is 1. The predicted octanol–water partition coefficient (Wildman–Crippen LogP) is 4.60. The number of methoxy groups -OCH3 is 2. The number of amides is 1. The van der Waals surface area contributed by atoms with Crippen LogP contribution in [0.5, 0.6) is 5.75 Å². The van der Waals surface area contributed by atoms with Gasteiger partial charge < -0.3 is 24.1 Å². The molecule has 1 aromatic carbocycles. The van der Waals surface area contributed by atoms with Crippen LogP contribution in [0.1, 0.15) is 68.0 Å². The number of pyridine rings is 1. The van der Waals surface area contributed by atoms with Crippen LogP contribution in [0.2, 0.25) is 0 Å². The van der Waals surface area contributed by atoms with Crippen molar-refractivity contribution >= 4 is 44.1 Å². The summed E-state index contributed by atoms with van der Waals surface area (Å²) in [6, 6.07) is 4.64. The Morgan fingerprint density at radius 2 is 1.85 bits per heavy atom. The Hall–Kier alpha value is -3.38. The molecule has 12 heteroatoms. The average molecular weight is 575 g/mol. The van der Waals surface area contributed by atoms with Gasteiger partial charge in [0.15, 0.2) is 15.6 Å². The summed E-state index contributed by atoms with van der Waals surface area (Å²) in [7, 11) is -0.830. The highest BCUT2D eigenvalue weighted by molar-refractivity contribution is 7.93. The van der Waals surface area contributed by atoms with E-state index in [1.54, 1.807) is 39.0 Å². The van der Waals surface area contributed by atoms with E-state index >= 15 is 0 Å². The van der Waals surface area contributed by atoms with Crippen LogP contribution in [0.4, 0.5) is 4.79 Å². The van der Waals surface area contributed by atoms with Gasteiger partial charge in [0.1, 0.15) is 15.4 Å². The zero-order valence-electron chi connectivity index (χ0n) is 22.3. The van der Waals surface area contributed by atoms with E-state index < -0.39 is 39.0 Å². The number of carbonyl (C=O) groups is 2. The van der Waals surface area contributed by atoms with Crippen LogP contribution >= 0.6 is 11.3 Å². The third-order valence-corrected chi connectivity index (χ3v) is 10.3. The fourth-order valence-electron chi connectivity index (χ4n) is 4.84. The summed E-state index contributed by atoms with van der Waals surface area (Å²) >= 11 is 1.10. The minimum absolute atomic E-state index is 0.0551. The molecule has 0 radical (unpaired) electrons. The lowest BCUT2D eigenvalue weighted by molar-refractivity contribution is 0.0500. The van der Waals surface area contributed by atoms with Crippen LogP contribution in [-0.4, -0.2) is 50.6 Å². The van der Waals surface area contributed by atoms with Crippen molar-refractivity contribution in [3.63, 3.8) is 0 Å². The molecule has 39 heavy (non-hydrogen) atoms. The third-order valence-electron chi connectivity index (χ3n) is 6.71. The number of thiophene rings is 1. The maximum Gasteiger partial charge on any atom is 0.408 e. The lowest BCUT2D eigenvalue weighted by Gasteiger charge is -2.26. The monoisotopic (exact) mass is 574 g/mol. The summed E-state index contributed by atoms with van der Waals surface area (Å²) in [5.74, 6) is -0.410. The first-order valence-electron chi connectivity index (χ1n) is 12.5. The van der Waals surface area contributed by atoms with Crippen LogP contribution in [-0.2, 0) is 19.3 Å². The number of carbonyl (C=O) groups excluding carboxylic acids is 2. The maximum atomic E-state index is 13.2. The summed E-state index contributed by atoms with van der Waals surface area (Å²) in [6.45, 7) is 5.27. The van der Waals surface area contributed by atoms with Crippen LogP contribution in [0.15, 0.2) is 33.4 Å². The zero-order valence-corrected chi connectivity index (χ0v) is 24.0. The number of sulfone groups is 1. The minimum atomic E-state index is -3.55. The number of esters is 1. The molecule has 208 valence electrons. The lowest BCUT2D eigenvalue weighted by atomic mass is 10.0. The summed E-state index contributed by atoms with van der Waals surface area (Å²) in [5.41, 5.74) is 0.420. The van der Waals surface area contributed by atoms with Gasteiger partial charge in [-0.1, -0.05) is 0 Å². The van der Waals surface area contributed by atoms with Crippen LogP contribution in [0.3, 0.4) is 0 Å². The Labute approximate surface area is 229 Å². The van der Waals surface area contributed by atoms with Gasteiger partial charge in [-0.05, 0) is 58.2 Å². The van der Waals surface area contributed by atoms with Gasteiger partial charge in [0.05, 0.1) is 36.9 Å². The van der Waals surface area contributed by atoms with Gasteiger partial charge >= 0.3 is 12.1 Å². The van der Waals surface area contributed by atoms with Crippen LogP contribution in [0.25, 0.3) is 21.3 Å². The number of nitrogens with zero attached hydrogens (tertiary/aromatic N) is 1. The van der Waals surface area contributed by atoms with E-state index in [9.17, 15) is 22.8 Å². The third kappa shape index (κ3) is 5.03. The molecule has 0 spiro atoms. The Kier molecular flexibility index (Phi) is 6.74. The number of ether oxygens (including phenoxy) is 3. The first-order valence-corrected chi connectivity index (χ1v) is 15.0. The summed E-state index contributed by atoms with van der Waals surface area (Å²) in [6.07, 6.45) is 2.89. The molecule has 1 N–H and O–H groups in total. The second kappa shape index (κ2) is 9.67. The normalized spacial score (nSPS) is 18.3. The van der Waals surface area contributed by atoms with Crippen molar-refractivity contribution in [3.05, 3.63) is 45.7 Å². The smallest absolute Gasteiger partial charge is 0.408 e. The largest absolute Gasteiger partial charge is 0.494 e. The first kappa shape index (κ1) is 27.2. The Morgan fingerprint density at radius 1 is 1.13 bits per heavy atom. The second-order valence-electron chi connectivity index (χ2n) is 10.7. The van der Waals surface area contributed by atoms with Crippen LogP contribution < -0.4 is 15.5 Å². The number of fused-ring (bicyclic) bond motifs is 2. The molecule has 1 saturated carbocycles. The van der Waals surface area contributed by atoms with Gasteiger partial charge in [-0.2, -0.15) is 0 Å². The fraction of sp³-hybridized carbons (Fsp3) is 0.444. The first-order chi connectivity index (χ1) is 18.3. The van der Waals surface area contributed by atoms with E-state index in [2.05, 4.69) is 5.32 Å². The Morgan fingerprint density at radius 3 is 2.46 bits per heavy atom. The standard InChI is InChI=1S/C27H30N2O8S2/c1-27(2,3)37-26(32)28-19-10-11-39(33,34)25-17(19)12-20(38-25)15-8-9-16-21(23(15)35-4)29(14-6-7-14)13-18(22(16)30)24(31)36-5/h8-9,12-14,19H,6-7,10-11H2,1-5H3,(H,28,32). The molecular formula is C27H30N2O8S2. The molecule has 5 rings (SSSR count). The quantitative estimate of drug-likeness (QED) is 0.438. The second-order valence-corrected chi connectivity index (χ2v) is 14.1. The highest BCUT2D eigenvalue weighted by Crippen LogP contribution is 2.47. The molecule has 1 aliphatic carbocycles. The molecule has 0 bridgehead atoms. The summed E-state index contributed by atoms with van der Waals surface area (Å²) in [5, 5.41) is 3.12. The van der Waals surface area contributed by atoms with E-state index in [4.69, 9.17) is 14.2 Å². The molecule has 1 amide bonds. The SMILES string of the molecule is COC(=O)c1cn(C2CC2)c2c(OC)c(-c3cc4c(s3)S(=O)(=O)CCC4NC(=O)OC(C)(C)C)ccc2c1=O. The lowest BCUT2D eigenvalue weighted by Crippen LogP contribution is -2.37. The molecule has 3 heterocycles. The van der Waals surface area contributed by atoms with Crippen molar-refractivity contribution < 1.29 is 32.2 Å². The molecule has 1 fully saturated rings. The van der Waals surface area contributed by atoms with Crippen molar-refractivity contribution in [1.29, 1.82) is 0 Å². The zero-order chi connectivity index (χ0) is 28.3. The van der Waals surface area contributed by atoms with Gasteiger partial charge in [0.2, 0.25) is 5.43 Å². The predicted molar refractivity (Wildman–Crippen MR) is 146 cm³/mol. The van der Waals surface area contributed by atoms with Crippen molar-refractivity contribution in [3.8, 4) is 16.2 Å². The fourth-order valence-corrected chi connectivity index (χ4v) is 8.14. The van der Waals surface area contributed by atoms with Crippen molar-refractivity contribution in [2.24, 2.45) is 0 Å². The molecule has 0 saturated heterocycles. The highest BCUT2D eigenvalue weighted by Gasteiger charge is 2.36. The Bertz CT molecular complexity index is 1660. The van der Waals surface area contributed by atoms with Gasteiger partial charge in [-0.25, -0.2) is 18.0 Å². The van der Waals surface area contributed by atoms with Gasteiger partial charge in [-0.15, -0.1) is 11.3 Å². The number of benzene rings is 1. The van der Waals surface area contributed by atoms with Gasteiger partial charge in [-0.3, -0.25) is 4.79 Å². The van der Waals surface area contributed by atoms with Gasteiger partial charge in [0, 0.05) is 28.2 Å². The van der Waals surface area contributed by atoms with E-state index in [0.717, 1.165) is 24.2 Å². The van der Waals surface area contributed by atoms with E-state index in [1.165, 1.54) is 20.4 Å². The topological polar surface area (TPSA) is 130 Å². The van der Waals surface area contributed by atoms with E-state index in [1.807, 2.05) is 4.57 Å². The van der Waals surface area contributed by atoms with Crippen molar-refractivity contribution in [1.82, 2.24) is 9.88 Å². The van der Waals surface area contributed by atoms with Crippen LogP contribution in [0, 0.1) is 0 Å². The molecule has 1 atom stereocenters. The summed E-state index contributed by atoms with van der Waals surface area (Å²) < 4.78 is 44.1.